The number of aromatic amines is 1. The lowest BCUT2D eigenvalue weighted by Gasteiger charge is -2.12. The highest BCUT2D eigenvalue weighted by Gasteiger charge is 2.25. The van der Waals surface area contributed by atoms with Gasteiger partial charge in [-0.2, -0.15) is 5.10 Å². The molecule has 0 unspecified atom stereocenters. The molecular weight excluding hydrogens is 412 g/mol. The molecule has 1 aromatic heterocycles. The van der Waals surface area contributed by atoms with Crippen LogP contribution in [0.3, 0.4) is 0 Å². The second-order valence-electron chi connectivity index (χ2n) is 6.47. The van der Waals surface area contributed by atoms with E-state index in [2.05, 4.69) is 15.5 Å². The number of amides is 2. The van der Waals surface area contributed by atoms with Crippen molar-refractivity contribution in [3.05, 3.63) is 47.1 Å². The molecule has 2 aromatic carbocycles. The minimum Gasteiger partial charge on any atom is -0.507 e. The maximum Gasteiger partial charge on any atom is 0.270 e. The number of phenols is 2. The molecular formula is C20H19ClN4O5. The Balaban J connectivity index is 2.18. The van der Waals surface area contributed by atoms with Gasteiger partial charge in [0.25, 0.3) is 5.91 Å². The summed E-state index contributed by atoms with van der Waals surface area (Å²) in [5.74, 6) is -1.29. The quantitative estimate of drug-likeness (QED) is 0.405. The lowest BCUT2D eigenvalue weighted by Crippen LogP contribution is -2.42. The molecule has 9 nitrogen and oxygen atoms in total. The van der Waals surface area contributed by atoms with Crippen LogP contribution in [-0.2, 0) is 4.79 Å². The van der Waals surface area contributed by atoms with Crippen LogP contribution in [0.25, 0.3) is 22.4 Å². The highest BCUT2D eigenvalue weighted by Crippen LogP contribution is 2.41. The van der Waals surface area contributed by atoms with Gasteiger partial charge in [-0.1, -0.05) is 23.7 Å². The van der Waals surface area contributed by atoms with Crippen LogP contribution in [0.1, 0.15) is 17.4 Å². The minimum absolute atomic E-state index is 0.000155. The maximum atomic E-state index is 12.8. The molecule has 0 radical (unpaired) electrons. The number of aromatic hydroxyl groups is 2. The average Bonchev–Trinajstić information content (AvgIpc) is 3.15. The van der Waals surface area contributed by atoms with E-state index in [-0.39, 0.29) is 33.5 Å². The van der Waals surface area contributed by atoms with Gasteiger partial charge in [-0.25, -0.2) is 0 Å². The van der Waals surface area contributed by atoms with E-state index in [0.717, 1.165) is 6.07 Å². The first-order chi connectivity index (χ1) is 14.2. The second kappa shape index (κ2) is 8.34. The number of rotatable bonds is 6. The lowest BCUT2D eigenvalue weighted by molar-refractivity contribution is -0.119. The number of phenolic OH excluding ortho intramolecular Hbond substituents is 2. The van der Waals surface area contributed by atoms with Crippen molar-refractivity contribution in [1.29, 1.82) is 0 Å². The van der Waals surface area contributed by atoms with Crippen molar-refractivity contribution in [2.45, 2.75) is 13.0 Å². The third kappa shape index (κ3) is 4.01. The molecule has 0 saturated heterocycles. The molecule has 3 aromatic rings. The van der Waals surface area contributed by atoms with Crippen molar-refractivity contribution in [1.82, 2.24) is 15.5 Å². The number of methoxy groups -OCH3 is 1. The first kappa shape index (κ1) is 21.0. The van der Waals surface area contributed by atoms with E-state index in [1.54, 1.807) is 24.3 Å². The highest BCUT2D eigenvalue weighted by molar-refractivity contribution is 6.32. The smallest absolute Gasteiger partial charge is 0.270 e. The Morgan fingerprint density at radius 3 is 2.47 bits per heavy atom. The van der Waals surface area contributed by atoms with Crippen LogP contribution in [0, 0.1) is 0 Å². The summed E-state index contributed by atoms with van der Waals surface area (Å²) in [5, 5.41) is 29.4. The monoisotopic (exact) mass is 430 g/mol. The molecule has 6 N–H and O–H groups in total. The number of hydrogen-bond acceptors (Lipinski definition) is 6. The molecule has 0 bridgehead atoms. The maximum absolute atomic E-state index is 12.8. The van der Waals surface area contributed by atoms with E-state index in [1.807, 2.05) is 0 Å². The molecule has 10 heteroatoms. The van der Waals surface area contributed by atoms with E-state index < -0.39 is 17.9 Å². The van der Waals surface area contributed by atoms with E-state index in [0.29, 0.717) is 16.9 Å². The Kier molecular flexibility index (Phi) is 5.84. The third-order valence-corrected chi connectivity index (χ3v) is 4.77. The summed E-state index contributed by atoms with van der Waals surface area (Å²) in [6.07, 6.45) is 0. The number of nitrogens with two attached hydrogens (primary N) is 1. The van der Waals surface area contributed by atoms with Gasteiger partial charge in [-0.3, -0.25) is 14.7 Å². The van der Waals surface area contributed by atoms with E-state index in [1.165, 1.54) is 20.1 Å². The third-order valence-electron chi connectivity index (χ3n) is 4.47. The Bertz CT molecular complexity index is 1110. The van der Waals surface area contributed by atoms with Gasteiger partial charge in [0.05, 0.1) is 12.1 Å². The number of carbonyl (C=O) groups is 2. The Morgan fingerprint density at radius 2 is 1.87 bits per heavy atom. The zero-order chi connectivity index (χ0) is 22.0. The van der Waals surface area contributed by atoms with Gasteiger partial charge in [-0.15, -0.1) is 0 Å². The fraction of sp³-hybridized carbons (Fsp3) is 0.150. The predicted octanol–water partition coefficient (Wildman–Crippen LogP) is 2.42. The molecule has 0 fully saturated rings. The molecule has 0 aliphatic carbocycles. The SMILES string of the molecule is COc1ccc(-c2c(-c3cc(Cl)c(O)cc3O)n[nH]c2C(=O)N[C@@H](C)C(N)=O)cc1. The molecule has 0 spiro atoms. The molecule has 3 rings (SSSR count). The molecule has 1 atom stereocenters. The number of aromatic nitrogens is 2. The lowest BCUT2D eigenvalue weighted by atomic mass is 9.97. The number of H-pyrrole nitrogens is 1. The minimum atomic E-state index is -0.913. The van der Waals surface area contributed by atoms with E-state index in [9.17, 15) is 19.8 Å². The van der Waals surface area contributed by atoms with Crippen LogP contribution in [0.15, 0.2) is 36.4 Å². The molecule has 0 aliphatic rings. The van der Waals surface area contributed by atoms with Gasteiger partial charge >= 0.3 is 0 Å². The number of hydrogen-bond donors (Lipinski definition) is 5. The highest BCUT2D eigenvalue weighted by atomic mass is 35.5. The molecule has 1 heterocycles. The van der Waals surface area contributed by atoms with Crippen molar-refractivity contribution in [3.63, 3.8) is 0 Å². The van der Waals surface area contributed by atoms with E-state index >= 15 is 0 Å². The first-order valence-corrected chi connectivity index (χ1v) is 9.15. The summed E-state index contributed by atoms with van der Waals surface area (Å²) in [6.45, 7) is 1.45. The van der Waals surface area contributed by atoms with Gasteiger partial charge in [0.2, 0.25) is 5.91 Å². The van der Waals surface area contributed by atoms with Crippen molar-refractivity contribution in [3.8, 4) is 39.6 Å². The van der Waals surface area contributed by atoms with E-state index in [4.69, 9.17) is 22.1 Å². The molecule has 0 saturated carbocycles. The van der Waals surface area contributed by atoms with Gasteiger partial charge in [0.15, 0.2) is 0 Å². The number of carbonyl (C=O) groups excluding carboxylic acids is 2. The van der Waals surface area contributed by atoms with Crippen LogP contribution in [0.4, 0.5) is 0 Å². The van der Waals surface area contributed by atoms with Crippen molar-refractivity contribution in [2.24, 2.45) is 5.73 Å². The van der Waals surface area contributed by atoms with Crippen LogP contribution < -0.4 is 15.8 Å². The summed E-state index contributed by atoms with van der Waals surface area (Å²) < 4.78 is 5.17. The number of primary amides is 1. The normalized spacial score (nSPS) is 11.7. The molecule has 156 valence electrons. The summed E-state index contributed by atoms with van der Waals surface area (Å²) in [7, 11) is 1.53. The topological polar surface area (TPSA) is 151 Å². The summed E-state index contributed by atoms with van der Waals surface area (Å²) in [6, 6.07) is 8.32. The van der Waals surface area contributed by atoms with Crippen LogP contribution in [0.5, 0.6) is 17.2 Å². The van der Waals surface area contributed by atoms with Crippen LogP contribution in [0.2, 0.25) is 5.02 Å². The fourth-order valence-electron chi connectivity index (χ4n) is 2.82. The molecule has 2 amide bonds. The summed E-state index contributed by atoms with van der Waals surface area (Å²) in [5.41, 5.74) is 6.62. The van der Waals surface area contributed by atoms with Crippen molar-refractivity contribution in [2.75, 3.05) is 7.11 Å². The Morgan fingerprint density at radius 1 is 1.20 bits per heavy atom. The number of benzene rings is 2. The van der Waals surface area contributed by atoms with Crippen molar-refractivity contribution < 1.29 is 24.5 Å². The number of nitrogens with one attached hydrogen (secondary N) is 2. The summed E-state index contributed by atoms with van der Waals surface area (Å²) >= 11 is 6.00. The standard InChI is InChI=1S/C20H19ClN4O5/c1-9(19(22)28)23-20(29)18-16(10-3-5-11(30-2)6-4-10)17(24-25-18)12-7-13(21)15(27)8-14(12)26/h3-9,26-27H,1-2H3,(H2,22,28)(H,23,29)(H,24,25)/t9-/m0/s1. The van der Waals surface area contributed by atoms with Crippen molar-refractivity contribution >= 4 is 23.4 Å². The van der Waals surface area contributed by atoms with Crippen LogP contribution >= 0.6 is 11.6 Å². The Hall–Kier alpha value is -3.72. The first-order valence-electron chi connectivity index (χ1n) is 8.77. The summed E-state index contributed by atoms with van der Waals surface area (Å²) in [4.78, 5) is 24.1. The average molecular weight is 431 g/mol. The largest absolute Gasteiger partial charge is 0.507 e. The zero-order valence-corrected chi connectivity index (χ0v) is 16.8. The van der Waals surface area contributed by atoms with Gasteiger partial charge in [-0.05, 0) is 30.7 Å². The number of halogens is 1. The van der Waals surface area contributed by atoms with Crippen LogP contribution in [-0.4, -0.2) is 45.4 Å². The van der Waals surface area contributed by atoms with Gasteiger partial charge < -0.3 is 26.0 Å². The van der Waals surface area contributed by atoms with Gasteiger partial charge in [0, 0.05) is 17.2 Å². The Labute approximate surface area is 176 Å². The second-order valence-corrected chi connectivity index (χ2v) is 6.88. The number of nitrogens with zero attached hydrogens (tertiary/aromatic N) is 1. The van der Waals surface area contributed by atoms with Gasteiger partial charge in [0.1, 0.15) is 34.7 Å². The number of ether oxygens (including phenoxy) is 1. The molecule has 0 aliphatic heterocycles. The molecule has 30 heavy (non-hydrogen) atoms. The predicted molar refractivity (Wildman–Crippen MR) is 110 cm³/mol. The zero-order valence-electron chi connectivity index (χ0n) is 16.1. The fourth-order valence-corrected chi connectivity index (χ4v) is 2.98.